The summed E-state index contributed by atoms with van der Waals surface area (Å²) in [6, 6.07) is 7.06. The van der Waals surface area contributed by atoms with E-state index in [1.165, 1.54) is 29.5 Å². The van der Waals surface area contributed by atoms with E-state index >= 15 is 0 Å². The van der Waals surface area contributed by atoms with Crippen molar-refractivity contribution in [1.82, 2.24) is 5.32 Å². The fraction of sp³-hybridized carbons (Fsp3) is 0.650. The van der Waals surface area contributed by atoms with Crippen LogP contribution in [0.4, 0.5) is 0 Å². The normalized spacial score (nSPS) is 29.5. The van der Waals surface area contributed by atoms with Crippen molar-refractivity contribution >= 4 is 5.97 Å². The molecule has 0 spiro atoms. The summed E-state index contributed by atoms with van der Waals surface area (Å²) in [5.74, 6) is 0.566. The number of carbonyl (C=O) groups excluding carboxylic acids is 1. The number of aryl methyl sites for hydroxylation is 2. The van der Waals surface area contributed by atoms with Crippen molar-refractivity contribution in [2.45, 2.75) is 65.5 Å². The number of fused-ring (bicyclic) bond motifs is 1. The van der Waals surface area contributed by atoms with Crippen LogP contribution in [0.2, 0.25) is 0 Å². The third-order valence-corrected chi connectivity index (χ3v) is 5.90. The van der Waals surface area contributed by atoms with Crippen LogP contribution in [-0.2, 0) is 16.1 Å². The summed E-state index contributed by atoms with van der Waals surface area (Å²) >= 11 is 0. The van der Waals surface area contributed by atoms with Gasteiger partial charge in [-0.2, -0.15) is 0 Å². The molecule has 3 heteroatoms. The third kappa shape index (κ3) is 3.16. The summed E-state index contributed by atoms with van der Waals surface area (Å²) < 4.78 is 5.41. The second-order valence-corrected chi connectivity index (χ2v) is 7.41. The van der Waals surface area contributed by atoms with Gasteiger partial charge in [-0.25, -0.2) is 0 Å². The zero-order valence-electron chi connectivity index (χ0n) is 14.7. The van der Waals surface area contributed by atoms with Gasteiger partial charge >= 0.3 is 5.97 Å². The molecule has 1 N–H and O–H groups in total. The Balaban J connectivity index is 1.64. The van der Waals surface area contributed by atoms with Gasteiger partial charge in [-0.3, -0.25) is 4.79 Å². The summed E-state index contributed by atoms with van der Waals surface area (Å²) in [5, 5.41) is 3.70. The number of rotatable bonds is 5. The lowest BCUT2D eigenvalue weighted by molar-refractivity contribution is -0.156. The molecule has 2 aliphatic carbocycles. The zero-order chi connectivity index (χ0) is 16.4. The smallest absolute Gasteiger partial charge is 0.312 e. The Morgan fingerprint density at radius 1 is 1.39 bits per heavy atom. The van der Waals surface area contributed by atoms with Gasteiger partial charge in [0.25, 0.3) is 0 Å². The molecule has 0 amide bonds. The molecule has 2 fully saturated rings. The van der Waals surface area contributed by atoms with Crippen molar-refractivity contribution in [3.8, 4) is 0 Å². The second-order valence-electron chi connectivity index (χ2n) is 7.41. The quantitative estimate of drug-likeness (QED) is 0.837. The van der Waals surface area contributed by atoms with Crippen molar-refractivity contribution in [2.75, 3.05) is 6.61 Å². The Bertz CT molecular complexity index is 583. The van der Waals surface area contributed by atoms with E-state index < -0.39 is 0 Å². The maximum absolute atomic E-state index is 12.5. The molecule has 1 aromatic carbocycles. The molecule has 3 rings (SSSR count). The van der Waals surface area contributed by atoms with Crippen LogP contribution in [0.5, 0.6) is 0 Å². The molecule has 0 radical (unpaired) electrons. The number of esters is 1. The highest BCUT2D eigenvalue weighted by atomic mass is 16.5. The van der Waals surface area contributed by atoms with E-state index in [1.54, 1.807) is 0 Å². The Labute approximate surface area is 139 Å². The standard InChI is InChI=1S/C20H29NO2/c1-4-23-19(22)20-9-5-6-17(20)11-18(12-20)21-13-16-8-7-14(2)10-15(16)3/h7-8,10,17-18,21H,4-6,9,11-13H2,1-3H3. The lowest BCUT2D eigenvalue weighted by atomic mass is 9.80. The lowest BCUT2D eigenvalue weighted by Gasteiger charge is -2.26. The molecule has 0 aliphatic heterocycles. The van der Waals surface area contributed by atoms with Gasteiger partial charge in [-0.1, -0.05) is 30.2 Å². The van der Waals surface area contributed by atoms with E-state index in [1.807, 2.05) is 6.92 Å². The number of benzene rings is 1. The lowest BCUT2D eigenvalue weighted by Crippen LogP contribution is -2.34. The Morgan fingerprint density at radius 2 is 2.22 bits per heavy atom. The monoisotopic (exact) mass is 315 g/mol. The van der Waals surface area contributed by atoms with Gasteiger partial charge in [0.15, 0.2) is 0 Å². The maximum atomic E-state index is 12.5. The Hall–Kier alpha value is -1.35. The first-order valence-electron chi connectivity index (χ1n) is 9.02. The minimum atomic E-state index is -0.198. The molecule has 3 unspecified atom stereocenters. The van der Waals surface area contributed by atoms with Crippen LogP contribution < -0.4 is 5.32 Å². The molecular weight excluding hydrogens is 286 g/mol. The van der Waals surface area contributed by atoms with E-state index in [4.69, 9.17) is 4.74 Å². The number of hydrogen-bond acceptors (Lipinski definition) is 3. The fourth-order valence-corrected chi connectivity index (χ4v) is 4.70. The zero-order valence-corrected chi connectivity index (χ0v) is 14.7. The van der Waals surface area contributed by atoms with Crippen molar-refractivity contribution in [1.29, 1.82) is 0 Å². The van der Waals surface area contributed by atoms with Gasteiger partial charge in [-0.15, -0.1) is 0 Å². The van der Waals surface area contributed by atoms with Crippen LogP contribution in [-0.4, -0.2) is 18.6 Å². The van der Waals surface area contributed by atoms with Gasteiger partial charge < -0.3 is 10.1 Å². The SMILES string of the molecule is CCOC(=O)C12CCCC1CC(NCc1ccc(C)cc1C)C2. The predicted molar refractivity (Wildman–Crippen MR) is 92.2 cm³/mol. The Kier molecular flexibility index (Phi) is 4.77. The van der Waals surface area contributed by atoms with E-state index in [0.29, 0.717) is 18.6 Å². The highest BCUT2D eigenvalue weighted by Gasteiger charge is 2.55. The number of carbonyl (C=O) groups is 1. The average Bonchev–Trinajstić information content (AvgIpc) is 3.04. The maximum Gasteiger partial charge on any atom is 0.312 e. The second kappa shape index (κ2) is 6.64. The molecule has 0 heterocycles. The van der Waals surface area contributed by atoms with Crippen LogP contribution >= 0.6 is 0 Å². The number of nitrogens with one attached hydrogen (secondary N) is 1. The molecule has 0 aromatic heterocycles. The van der Waals surface area contributed by atoms with Crippen LogP contribution in [0, 0.1) is 25.2 Å². The van der Waals surface area contributed by atoms with E-state index in [-0.39, 0.29) is 11.4 Å². The van der Waals surface area contributed by atoms with Crippen molar-refractivity contribution < 1.29 is 9.53 Å². The van der Waals surface area contributed by atoms with Gasteiger partial charge in [0.1, 0.15) is 0 Å². The van der Waals surface area contributed by atoms with Crippen LogP contribution in [0.15, 0.2) is 18.2 Å². The summed E-state index contributed by atoms with van der Waals surface area (Å²) in [6.45, 7) is 7.60. The largest absolute Gasteiger partial charge is 0.466 e. The molecule has 2 aliphatic rings. The molecule has 2 saturated carbocycles. The van der Waals surface area contributed by atoms with Crippen molar-refractivity contribution in [2.24, 2.45) is 11.3 Å². The minimum absolute atomic E-state index is 0.0540. The molecule has 0 saturated heterocycles. The molecule has 23 heavy (non-hydrogen) atoms. The summed E-state index contributed by atoms with van der Waals surface area (Å²) in [6.07, 6.45) is 5.43. The first kappa shape index (κ1) is 16.5. The van der Waals surface area contributed by atoms with Crippen LogP contribution in [0.3, 0.4) is 0 Å². The molecule has 3 atom stereocenters. The fourth-order valence-electron chi connectivity index (χ4n) is 4.70. The summed E-state index contributed by atoms with van der Waals surface area (Å²) in [7, 11) is 0. The molecule has 0 bridgehead atoms. The summed E-state index contributed by atoms with van der Waals surface area (Å²) in [4.78, 5) is 12.5. The molecule has 3 nitrogen and oxygen atoms in total. The Morgan fingerprint density at radius 3 is 2.96 bits per heavy atom. The first-order valence-corrected chi connectivity index (χ1v) is 9.02. The topological polar surface area (TPSA) is 38.3 Å². The number of hydrogen-bond donors (Lipinski definition) is 1. The van der Waals surface area contributed by atoms with Gasteiger partial charge in [0.05, 0.1) is 12.0 Å². The highest BCUT2D eigenvalue weighted by molar-refractivity contribution is 5.78. The van der Waals surface area contributed by atoms with Crippen LogP contribution in [0.1, 0.15) is 55.7 Å². The average molecular weight is 315 g/mol. The molecule has 126 valence electrons. The van der Waals surface area contributed by atoms with Crippen molar-refractivity contribution in [3.63, 3.8) is 0 Å². The highest BCUT2D eigenvalue weighted by Crippen LogP contribution is 2.55. The van der Waals surface area contributed by atoms with Gasteiger partial charge in [-0.05, 0) is 63.5 Å². The molecular formula is C20H29NO2. The van der Waals surface area contributed by atoms with Gasteiger partial charge in [0, 0.05) is 12.6 Å². The first-order chi connectivity index (χ1) is 11.0. The molecule has 1 aromatic rings. The minimum Gasteiger partial charge on any atom is -0.466 e. The van der Waals surface area contributed by atoms with E-state index in [9.17, 15) is 4.79 Å². The van der Waals surface area contributed by atoms with E-state index in [0.717, 1.165) is 25.8 Å². The predicted octanol–water partition coefficient (Wildman–Crippen LogP) is 3.91. The van der Waals surface area contributed by atoms with E-state index in [2.05, 4.69) is 37.4 Å². The van der Waals surface area contributed by atoms with Gasteiger partial charge in [0.2, 0.25) is 0 Å². The third-order valence-electron chi connectivity index (χ3n) is 5.90. The number of ether oxygens (including phenoxy) is 1. The van der Waals surface area contributed by atoms with Crippen LogP contribution in [0.25, 0.3) is 0 Å². The summed E-state index contributed by atoms with van der Waals surface area (Å²) in [5.41, 5.74) is 3.81. The van der Waals surface area contributed by atoms with Crippen molar-refractivity contribution in [3.05, 3.63) is 34.9 Å².